The minimum Gasteiger partial charge on any atom is -0.337 e. The number of rotatable bonds is 1. The van der Waals surface area contributed by atoms with Crippen LogP contribution in [0.3, 0.4) is 0 Å². The van der Waals surface area contributed by atoms with Crippen LogP contribution in [0.25, 0.3) is 0 Å². The zero-order valence-electron chi connectivity index (χ0n) is 7.79. The lowest BCUT2D eigenvalue weighted by Crippen LogP contribution is -2.47. The molecule has 0 aromatic heterocycles. The van der Waals surface area contributed by atoms with Crippen LogP contribution in [0.5, 0.6) is 0 Å². The highest BCUT2D eigenvalue weighted by atomic mass is 16.2. The van der Waals surface area contributed by atoms with E-state index in [2.05, 4.69) is 16.8 Å². The van der Waals surface area contributed by atoms with Gasteiger partial charge in [0.1, 0.15) is 0 Å². The smallest absolute Gasteiger partial charge is 0.222 e. The Morgan fingerprint density at radius 2 is 2.17 bits per heavy atom. The van der Waals surface area contributed by atoms with Crippen molar-refractivity contribution in [1.29, 1.82) is 0 Å². The second-order valence-electron chi connectivity index (χ2n) is 3.88. The van der Waals surface area contributed by atoms with Crippen molar-refractivity contribution in [2.24, 2.45) is 0 Å². The molecule has 0 aromatic carbocycles. The molecule has 2 rings (SSSR count). The molecule has 3 heteroatoms. The third-order valence-corrected chi connectivity index (χ3v) is 3.14. The number of nitrogens with zero attached hydrogens (tertiary/aromatic N) is 2. The van der Waals surface area contributed by atoms with E-state index in [0.717, 1.165) is 13.1 Å². The molecule has 2 heterocycles. The van der Waals surface area contributed by atoms with Crippen molar-refractivity contribution in [2.45, 2.75) is 31.8 Å². The van der Waals surface area contributed by atoms with E-state index in [1.54, 1.807) is 0 Å². The Hall–Kier alpha value is -0.570. The molecule has 2 aliphatic heterocycles. The van der Waals surface area contributed by atoms with Crippen LogP contribution in [0, 0.1) is 0 Å². The molecule has 1 unspecified atom stereocenters. The summed E-state index contributed by atoms with van der Waals surface area (Å²) in [6.45, 7) is 3.99. The van der Waals surface area contributed by atoms with Gasteiger partial charge in [-0.1, -0.05) is 6.92 Å². The number of piperazine rings is 1. The standard InChI is InChI=1S/C9H16N2O/c1-3-9(12)11-6-7-4-8(11)5-10(7)2/h7-8H,3-6H2,1-2H3/t7-,8?/m0/s1. The third kappa shape index (κ3) is 1.04. The number of amides is 1. The van der Waals surface area contributed by atoms with E-state index in [1.165, 1.54) is 6.42 Å². The highest BCUT2D eigenvalue weighted by Crippen LogP contribution is 2.29. The van der Waals surface area contributed by atoms with Crippen LogP contribution >= 0.6 is 0 Å². The fraction of sp³-hybridized carbons (Fsp3) is 0.889. The monoisotopic (exact) mass is 168 g/mol. The topological polar surface area (TPSA) is 23.6 Å². The molecule has 68 valence electrons. The number of fused-ring (bicyclic) bond motifs is 2. The van der Waals surface area contributed by atoms with Crippen molar-refractivity contribution in [3.63, 3.8) is 0 Å². The van der Waals surface area contributed by atoms with Gasteiger partial charge in [-0.05, 0) is 13.5 Å². The maximum Gasteiger partial charge on any atom is 0.222 e. The van der Waals surface area contributed by atoms with Gasteiger partial charge in [-0.15, -0.1) is 0 Å². The summed E-state index contributed by atoms with van der Waals surface area (Å²) in [6.07, 6.45) is 1.86. The summed E-state index contributed by atoms with van der Waals surface area (Å²) in [5, 5.41) is 0. The fourth-order valence-electron chi connectivity index (χ4n) is 2.37. The maximum atomic E-state index is 11.4. The van der Waals surface area contributed by atoms with E-state index in [0.29, 0.717) is 24.4 Å². The second-order valence-corrected chi connectivity index (χ2v) is 3.88. The van der Waals surface area contributed by atoms with Crippen LogP contribution in [0.4, 0.5) is 0 Å². The molecule has 12 heavy (non-hydrogen) atoms. The Balaban J connectivity index is 2.02. The zero-order valence-corrected chi connectivity index (χ0v) is 7.79. The van der Waals surface area contributed by atoms with Crippen molar-refractivity contribution in [1.82, 2.24) is 9.80 Å². The molecular formula is C9H16N2O. The number of hydrogen-bond acceptors (Lipinski definition) is 2. The Bertz CT molecular complexity index is 203. The van der Waals surface area contributed by atoms with Gasteiger partial charge in [-0.3, -0.25) is 9.69 Å². The summed E-state index contributed by atoms with van der Waals surface area (Å²) in [5.41, 5.74) is 0. The summed E-state index contributed by atoms with van der Waals surface area (Å²) in [6, 6.07) is 1.16. The molecular weight excluding hydrogens is 152 g/mol. The number of likely N-dealkylation sites (N-methyl/N-ethyl adjacent to an activating group) is 1. The highest BCUT2D eigenvalue weighted by molar-refractivity contribution is 5.76. The molecule has 0 aromatic rings. The molecule has 2 saturated heterocycles. The Kier molecular flexibility index (Phi) is 1.83. The summed E-state index contributed by atoms with van der Waals surface area (Å²) >= 11 is 0. The maximum absolute atomic E-state index is 11.4. The summed E-state index contributed by atoms with van der Waals surface area (Å²) in [7, 11) is 2.15. The number of carbonyl (C=O) groups excluding carboxylic acids is 1. The van der Waals surface area contributed by atoms with Gasteiger partial charge in [0.2, 0.25) is 5.91 Å². The molecule has 2 bridgehead atoms. The first-order valence-corrected chi connectivity index (χ1v) is 4.72. The van der Waals surface area contributed by atoms with Crippen LogP contribution in [0.15, 0.2) is 0 Å². The van der Waals surface area contributed by atoms with Crippen LogP contribution in [-0.4, -0.2) is 47.9 Å². The average Bonchev–Trinajstić information content (AvgIpc) is 2.60. The molecule has 0 radical (unpaired) electrons. The molecule has 3 nitrogen and oxygen atoms in total. The normalized spacial score (nSPS) is 34.7. The predicted octanol–water partition coefficient (Wildman–Crippen LogP) is 0.311. The van der Waals surface area contributed by atoms with Crippen molar-refractivity contribution < 1.29 is 4.79 Å². The van der Waals surface area contributed by atoms with Crippen molar-refractivity contribution >= 4 is 5.91 Å². The van der Waals surface area contributed by atoms with Gasteiger partial charge in [0.05, 0.1) is 0 Å². The SMILES string of the molecule is CCC(=O)N1C[C@@H]2CC1CN2C. The minimum atomic E-state index is 0.329. The van der Waals surface area contributed by atoms with Gasteiger partial charge in [0.25, 0.3) is 0 Å². The van der Waals surface area contributed by atoms with E-state index >= 15 is 0 Å². The van der Waals surface area contributed by atoms with E-state index in [4.69, 9.17) is 0 Å². The Morgan fingerprint density at radius 1 is 1.42 bits per heavy atom. The molecule has 0 spiro atoms. The van der Waals surface area contributed by atoms with Crippen LogP contribution in [0.1, 0.15) is 19.8 Å². The molecule has 1 amide bonds. The first kappa shape index (κ1) is 8.05. The van der Waals surface area contributed by atoms with E-state index in [1.807, 2.05) is 6.92 Å². The predicted molar refractivity (Wildman–Crippen MR) is 46.8 cm³/mol. The van der Waals surface area contributed by atoms with Gasteiger partial charge in [-0.25, -0.2) is 0 Å². The molecule has 0 N–H and O–H groups in total. The van der Waals surface area contributed by atoms with Gasteiger partial charge in [-0.2, -0.15) is 0 Å². The first-order chi connectivity index (χ1) is 5.72. The third-order valence-electron chi connectivity index (χ3n) is 3.14. The Morgan fingerprint density at radius 3 is 2.58 bits per heavy atom. The van der Waals surface area contributed by atoms with E-state index in [9.17, 15) is 4.79 Å². The van der Waals surface area contributed by atoms with Crippen molar-refractivity contribution in [3.8, 4) is 0 Å². The highest BCUT2D eigenvalue weighted by Gasteiger charge is 2.42. The molecule has 2 fully saturated rings. The molecule has 0 aliphatic carbocycles. The van der Waals surface area contributed by atoms with Crippen LogP contribution in [0.2, 0.25) is 0 Å². The van der Waals surface area contributed by atoms with Gasteiger partial charge in [0, 0.05) is 31.6 Å². The summed E-state index contributed by atoms with van der Waals surface area (Å²) in [5.74, 6) is 0.329. The summed E-state index contributed by atoms with van der Waals surface area (Å²) in [4.78, 5) is 15.8. The van der Waals surface area contributed by atoms with Gasteiger partial charge < -0.3 is 4.90 Å². The lowest BCUT2D eigenvalue weighted by Gasteiger charge is -2.31. The second kappa shape index (κ2) is 2.73. The van der Waals surface area contributed by atoms with Crippen molar-refractivity contribution in [3.05, 3.63) is 0 Å². The molecule has 2 atom stereocenters. The number of likely N-dealkylation sites (tertiary alicyclic amines) is 2. The quantitative estimate of drug-likeness (QED) is 0.562. The van der Waals surface area contributed by atoms with E-state index < -0.39 is 0 Å². The fourth-order valence-corrected chi connectivity index (χ4v) is 2.37. The van der Waals surface area contributed by atoms with Gasteiger partial charge >= 0.3 is 0 Å². The minimum absolute atomic E-state index is 0.329. The van der Waals surface area contributed by atoms with Crippen LogP contribution in [-0.2, 0) is 4.79 Å². The number of hydrogen-bond donors (Lipinski definition) is 0. The first-order valence-electron chi connectivity index (χ1n) is 4.72. The molecule has 0 saturated carbocycles. The molecule has 2 aliphatic rings. The average molecular weight is 168 g/mol. The number of carbonyl (C=O) groups is 1. The summed E-state index contributed by atoms with van der Waals surface area (Å²) < 4.78 is 0. The van der Waals surface area contributed by atoms with Crippen LogP contribution < -0.4 is 0 Å². The largest absolute Gasteiger partial charge is 0.337 e. The zero-order chi connectivity index (χ0) is 8.72. The Labute approximate surface area is 73.3 Å². The van der Waals surface area contributed by atoms with Gasteiger partial charge in [0.15, 0.2) is 0 Å². The van der Waals surface area contributed by atoms with Crippen molar-refractivity contribution in [2.75, 3.05) is 20.1 Å². The lowest BCUT2D eigenvalue weighted by atomic mass is 10.2. The lowest BCUT2D eigenvalue weighted by molar-refractivity contribution is -0.133. The van der Waals surface area contributed by atoms with E-state index in [-0.39, 0.29) is 0 Å².